The van der Waals surface area contributed by atoms with Gasteiger partial charge in [-0.15, -0.1) is 0 Å². The molecule has 0 unspecified atom stereocenters. The van der Waals surface area contributed by atoms with Crippen LogP contribution in [0.2, 0.25) is 0 Å². The first kappa shape index (κ1) is 8.38. The third kappa shape index (κ3) is 1.05. The monoisotopic (exact) mass is 180 g/mol. The average molecular weight is 180 g/mol. The van der Waals surface area contributed by atoms with E-state index in [4.69, 9.17) is 0 Å². The summed E-state index contributed by atoms with van der Waals surface area (Å²) < 4.78 is 37.3. The maximum atomic E-state index is 12.6. The van der Waals surface area contributed by atoms with Crippen molar-refractivity contribution in [2.24, 2.45) is 0 Å². The van der Waals surface area contributed by atoms with Crippen molar-refractivity contribution in [1.29, 1.82) is 0 Å². The van der Waals surface area contributed by atoms with Gasteiger partial charge in [0.1, 0.15) is 0 Å². The van der Waals surface area contributed by atoms with Gasteiger partial charge in [0.25, 0.3) is 0 Å². The Bertz CT molecular complexity index is 172. The first-order valence-electron chi connectivity index (χ1n) is 4.31. The lowest BCUT2D eigenvalue weighted by molar-refractivity contribution is -0.866. The van der Waals surface area contributed by atoms with Crippen LogP contribution in [0, 0.1) is 0 Å². The molecule has 3 rings (SSSR count). The lowest BCUT2D eigenvalue weighted by Crippen LogP contribution is -2.74. The summed E-state index contributed by atoms with van der Waals surface area (Å²) in [5, 5.41) is 0. The summed E-state index contributed by atoms with van der Waals surface area (Å²) in [4.78, 5) is 2.11. The van der Waals surface area contributed by atoms with E-state index < -0.39 is 11.5 Å². The fourth-order valence-corrected chi connectivity index (χ4v) is 2.13. The molecular formula is C6H12BF3N2. The molecule has 3 saturated heterocycles. The van der Waals surface area contributed by atoms with Gasteiger partial charge < -0.3 is 17.3 Å². The number of halogens is 3. The van der Waals surface area contributed by atoms with E-state index >= 15 is 0 Å². The van der Waals surface area contributed by atoms with E-state index in [1.54, 1.807) is 0 Å². The number of nitrogens with zero attached hydrogens (tertiary/aromatic N) is 2. The normalized spacial score (nSPS) is 41.8. The smallest absolute Gasteiger partial charge is 0.419 e. The van der Waals surface area contributed by atoms with Gasteiger partial charge in [-0.3, -0.25) is 4.90 Å². The van der Waals surface area contributed by atoms with Gasteiger partial charge in [0.05, 0.1) is 19.6 Å². The topological polar surface area (TPSA) is 3.24 Å². The van der Waals surface area contributed by atoms with Gasteiger partial charge in [-0.05, 0) is 0 Å². The van der Waals surface area contributed by atoms with Crippen molar-refractivity contribution in [3.05, 3.63) is 0 Å². The molecule has 0 atom stereocenters. The van der Waals surface area contributed by atoms with Crippen LogP contribution < -0.4 is 0 Å². The van der Waals surface area contributed by atoms with Crippen LogP contribution in [-0.2, 0) is 0 Å². The minimum Gasteiger partial charge on any atom is -0.419 e. The molecule has 0 aromatic carbocycles. The van der Waals surface area contributed by atoms with Gasteiger partial charge in [0.15, 0.2) is 0 Å². The summed E-state index contributed by atoms with van der Waals surface area (Å²) in [6.45, 7) is 2.72. The zero-order chi connectivity index (χ0) is 8.82. The van der Waals surface area contributed by atoms with Crippen LogP contribution in [0.1, 0.15) is 0 Å². The number of fused-ring (bicyclic) bond motifs is 3. The average Bonchev–Trinajstić information content (AvgIpc) is 2.06. The van der Waals surface area contributed by atoms with Crippen molar-refractivity contribution in [2.45, 2.75) is 0 Å². The highest BCUT2D eigenvalue weighted by atomic mass is 19.4. The van der Waals surface area contributed by atoms with Gasteiger partial charge in [-0.2, -0.15) is 0 Å². The van der Waals surface area contributed by atoms with E-state index in [9.17, 15) is 12.9 Å². The van der Waals surface area contributed by atoms with Crippen molar-refractivity contribution in [3.8, 4) is 0 Å². The molecule has 0 radical (unpaired) electrons. The fourth-order valence-electron chi connectivity index (χ4n) is 2.13. The molecule has 0 aromatic heterocycles. The Labute approximate surface area is 69.6 Å². The maximum Gasteiger partial charge on any atom is 0.733 e. The van der Waals surface area contributed by atoms with Gasteiger partial charge in [0, 0.05) is 19.6 Å². The van der Waals surface area contributed by atoms with Crippen molar-refractivity contribution in [2.75, 3.05) is 39.3 Å². The molecule has 2 bridgehead atoms. The highest BCUT2D eigenvalue weighted by Gasteiger charge is 2.55. The summed E-state index contributed by atoms with van der Waals surface area (Å²) >= 11 is 0. The van der Waals surface area contributed by atoms with Crippen LogP contribution >= 0.6 is 0 Å². The summed E-state index contributed by atoms with van der Waals surface area (Å²) in [6.07, 6.45) is 0. The van der Waals surface area contributed by atoms with Crippen LogP contribution in [0.5, 0.6) is 0 Å². The summed E-state index contributed by atoms with van der Waals surface area (Å²) in [5.41, 5.74) is 0. The molecule has 3 heterocycles. The quantitative estimate of drug-likeness (QED) is 0.530. The molecule has 0 saturated carbocycles. The molecule has 6 heteroatoms. The first-order chi connectivity index (χ1) is 5.54. The summed E-state index contributed by atoms with van der Waals surface area (Å²) in [7, 11) is -4.68. The predicted molar refractivity (Wildman–Crippen MR) is 40.4 cm³/mol. The fraction of sp³-hybridized carbons (Fsp3) is 1.00. The van der Waals surface area contributed by atoms with Crippen LogP contribution in [0.3, 0.4) is 0 Å². The van der Waals surface area contributed by atoms with Crippen LogP contribution in [0.25, 0.3) is 0 Å². The largest absolute Gasteiger partial charge is 0.733 e. The van der Waals surface area contributed by atoms with Gasteiger partial charge in [0.2, 0.25) is 0 Å². The van der Waals surface area contributed by atoms with E-state index in [-0.39, 0.29) is 19.6 Å². The van der Waals surface area contributed by atoms with E-state index in [0.29, 0.717) is 19.6 Å². The Morgan fingerprint density at radius 1 is 0.917 bits per heavy atom. The Balaban J connectivity index is 2.19. The highest BCUT2D eigenvalue weighted by Crippen LogP contribution is 2.30. The van der Waals surface area contributed by atoms with Gasteiger partial charge in [-0.25, -0.2) is 0 Å². The lowest BCUT2D eigenvalue weighted by atomic mass is 9.93. The second-order valence-corrected chi connectivity index (χ2v) is 3.77. The minimum atomic E-state index is -4.68. The number of quaternary nitrogens is 1. The molecule has 0 aliphatic carbocycles. The zero-order valence-electron chi connectivity index (χ0n) is 6.85. The standard InChI is InChI=1S/C6H12BF3N2/c8-7(9,10)12-4-1-11(2-5-12)3-6-12/h1-6H2. The number of hydrogen-bond acceptors (Lipinski definition) is 1. The molecule has 3 aliphatic rings. The molecule has 0 aromatic rings. The Morgan fingerprint density at radius 3 is 1.58 bits per heavy atom. The van der Waals surface area contributed by atoms with Gasteiger partial charge in [-0.1, -0.05) is 0 Å². The SMILES string of the molecule is F[B-](F)(F)[N+]12CCN(CC1)CC2. The molecule has 2 nitrogen and oxygen atoms in total. The minimum absolute atomic E-state index is 0.281. The number of rotatable bonds is 1. The van der Waals surface area contributed by atoms with Crippen molar-refractivity contribution in [1.82, 2.24) is 4.90 Å². The molecule has 0 spiro atoms. The van der Waals surface area contributed by atoms with E-state index in [2.05, 4.69) is 4.90 Å². The van der Waals surface area contributed by atoms with Crippen molar-refractivity contribution < 1.29 is 17.3 Å². The summed E-state index contributed by atoms with van der Waals surface area (Å²) in [5.74, 6) is 0. The molecule has 3 fully saturated rings. The van der Waals surface area contributed by atoms with Gasteiger partial charge >= 0.3 is 7.11 Å². The molecule has 70 valence electrons. The third-order valence-electron chi connectivity index (χ3n) is 3.21. The zero-order valence-corrected chi connectivity index (χ0v) is 6.85. The van der Waals surface area contributed by atoms with E-state index in [1.165, 1.54) is 0 Å². The van der Waals surface area contributed by atoms with Crippen LogP contribution in [0.4, 0.5) is 12.9 Å². The number of piperazine rings is 3. The highest BCUT2D eigenvalue weighted by molar-refractivity contribution is 6.50. The molecule has 3 aliphatic heterocycles. The maximum absolute atomic E-state index is 12.6. The molecule has 0 amide bonds. The lowest BCUT2D eigenvalue weighted by Gasteiger charge is -2.56. The summed E-state index contributed by atoms with van der Waals surface area (Å²) in [6, 6.07) is 0. The molecule has 12 heavy (non-hydrogen) atoms. The Hall–Kier alpha value is -0.225. The van der Waals surface area contributed by atoms with E-state index in [1.807, 2.05) is 0 Å². The first-order valence-corrected chi connectivity index (χ1v) is 4.31. The Morgan fingerprint density at radius 2 is 1.33 bits per heavy atom. The molecular weight excluding hydrogens is 168 g/mol. The molecule has 0 N–H and O–H groups in total. The van der Waals surface area contributed by atoms with Crippen molar-refractivity contribution >= 4 is 7.11 Å². The Kier molecular flexibility index (Phi) is 1.67. The number of hydrogen-bond donors (Lipinski definition) is 0. The third-order valence-corrected chi connectivity index (χ3v) is 3.21. The predicted octanol–water partition coefficient (Wildman–Crippen LogP) is 0.477. The van der Waals surface area contributed by atoms with Crippen molar-refractivity contribution in [3.63, 3.8) is 0 Å². The van der Waals surface area contributed by atoms with Crippen LogP contribution in [-0.4, -0.2) is 55.7 Å². The van der Waals surface area contributed by atoms with E-state index in [0.717, 1.165) is 0 Å². The second kappa shape index (κ2) is 2.39. The van der Waals surface area contributed by atoms with Crippen LogP contribution in [0.15, 0.2) is 0 Å². The second-order valence-electron chi connectivity index (χ2n) is 3.77.